The predicted molar refractivity (Wildman–Crippen MR) is 128 cm³/mol. The molecule has 1 N–H and O–H groups in total. The van der Waals surface area contributed by atoms with Crippen molar-refractivity contribution in [2.75, 3.05) is 5.32 Å². The molecular weight excluding hydrogens is 541 g/mol. The van der Waals surface area contributed by atoms with Gasteiger partial charge in [-0.3, -0.25) is 9.48 Å². The normalized spacial score (nSPS) is 10.9. The Kier molecular flexibility index (Phi) is 7.10. The van der Waals surface area contributed by atoms with Crippen molar-refractivity contribution in [3.63, 3.8) is 0 Å². The lowest BCUT2D eigenvalue weighted by Crippen LogP contribution is -2.12. The highest BCUT2D eigenvalue weighted by molar-refractivity contribution is 9.10. The van der Waals surface area contributed by atoms with Crippen molar-refractivity contribution in [1.82, 2.24) is 9.78 Å². The number of hydrogen-bond acceptors (Lipinski definition) is 4. The van der Waals surface area contributed by atoms with Gasteiger partial charge in [0.1, 0.15) is 18.1 Å². The van der Waals surface area contributed by atoms with Crippen molar-refractivity contribution in [3.8, 4) is 5.75 Å². The molecule has 0 fully saturated rings. The summed E-state index contributed by atoms with van der Waals surface area (Å²) in [7, 11) is 0. The maximum Gasteiger partial charge on any atom is 0.292 e. The third kappa shape index (κ3) is 5.48. The summed E-state index contributed by atoms with van der Waals surface area (Å²) in [6.07, 6.45) is 1.76. The Morgan fingerprint density at radius 1 is 1.09 bits per heavy atom. The average molecular weight is 556 g/mol. The highest BCUT2D eigenvalue weighted by Gasteiger charge is 2.16. The van der Waals surface area contributed by atoms with E-state index in [1.807, 2.05) is 24.3 Å². The SMILES string of the molecule is O=C(Nc1nn(Cc2ccccc2Cl)cc1Br)c1ccc(COc2ccc(Cl)cc2Cl)o1. The first kappa shape index (κ1) is 22.7. The van der Waals surface area contributed by atoms with Gasteiger partial charge in [-0.15, -0.1) is 0 Å². The van der Waals surface area contributed by atoms with Crippen molar-refractivity contribution in [2.45, 2.75) is 13.2 Å². The van der Waals surface area contributed by atoms with E-state index in [0.29, 0.717) is 43.4 Å². The maximum atomic E-state index is 12.6. The van der Waals surface area contributed by atoms with Gasteiger partial charge in [-0.05, 0) is 57.9 Å². The lowest BCUT2D eigenvalue weighted by molar-refractivity contribution is 0.0992. The van der Waals surface area contributed by atoms with Crippen LogP contribution < -0.4 is 10.1 Å². The number of halogens is 4. The molecule has 6 nitrogen and oxygen atoms in total. The highest BCUT2D eigenvalue weighted by atomic mass is 79.9. The van der Waals surface area contributed by atoms with Gasteiger partial charge in [0.2, 0.25) is 0 Å². The van der Waals surface area contributed by atoms with Crippen LogP contribution in [0.15, 0.2) is 69.7 Å². The second-order valence-electron chi connectivity index (χ2n) is 6.70. The molecule has 0 saturated carbocycles. The van der Waals surface area contributed by atoms with Crippen LogP contribution in [0.25, 0.3) is 0 Å². The number of benzene rings is 2. The summed E-state index contributed by atoms with van der Waals surface area (Å²) in [6, 6.07) is 15.6. The monoisotopic (exact) mass is 553 g/mol. The zero-order valence-electron chi connectivity index (χ0n) is 16.3. The van der Waals surface area contributed by atoms with Gasteiger partial charge in [0.15, 0.2) is 11.6 Å². The Labute approximate surface area is 207 Å². The first-order valence-corrected chi connectivity index (χ1v) is 11.3. The molecule has 4 rings (SSSR count). The van der Waals surface area contributed by atoms with Crippen LogP contribution in [0.4, 0.5) is 5.82 Å². The van der Waals surface area contributed by atoms with E-state index in [0.717, 1.165) is 5.56 Å². The van der Waals surface area contributed by atoms with Crippen LogP contribution in [0, 0.1) is 0 Å². The number of carbonyl (C=O) groups is 1. The molecular formula is C22H15BrCl3N3O3. The van der Waals surface area contributed by atoms with Gasteiger partial charge >= 0.3 is 0 Å². The number of nitrogens with zero attached hydrogens (tertiary/aromatic N) is 2. The largest absolute Gasteiger partial charge is 0.484 e. The fourth-order valence-electron chi connectivity index (χ4n) is 2.85. The number of aromatic nitrogens is 2. The van der Waals surface area contributed by atoms with Crippen molar-refractivity contribution < 1.29 is 13.9 Å². The number of amides is 1. The fraction of sp³-hybridized carbons (Fsp3) is 0.0909. The van der Waals surface area contributed by atoms with Crippen LogP contribution in [0.3, 0.4) is 0 Å². The van der Waals surface area contributed by atoms with E-state index in [1.165, 1.54) is 0 Å². The third-order valence-corrected chi connectivity index (χ3v) is 5.87. The summed E-state index contributed by atoms with van der Waals surface area (Å²) in [4.78, 5) is 12.6. The number of furan rings is 1. The minimum Gasteiger partial charge on any atom is -0.484 e. The highest BCUT2D eigenvalue weighted by Crippen LogP contribution is 2.28. The third-order valence-electron chi connectivity index (χ3n) is 4.39. The number of anilines is 1. The summed E-state index contributed by atoms with van der Waals surface area (Å²) in [5.74, 6) is 0.975. The molecule has 0 atom stereocenters. The van der Waals surface area contributed by atoms with E-state index in [4.69, 9.17) is 44.0 Å². The van der Waals surface area contributed by atoms with E-state index in [9.17, 15) is 4.79 Å². The zero-order chi connectivity index (χ0) is 22.7. The first-order chi connectivity index (χ1) is 15.4. The topological polar surface area (TPSA) is 69.3 Å². The summed E-state index contributed by atoms with van der Waals surface area (Å²) in [5.41, 5.74) is 0.915. The predicted octanol–water partition coefficient (Wildman–Crippen LogP) is 7.08. The Hall–Kier alpha value is -2.45. The number of ether oxygens (including phenoxy) is 1. The first-order valence-electron chi connectivity index (χ1n) is 9.33. The summed E-state index contributed by atoms with van der Waals surface area (Å²) >= 11 is 21.6. The van der Waals surface area contributed by atoms with Gasteiger partial charge in [-0.1, -0.05) is 53.0 Å². The molecule has 10 heteroatoms. The molecule has 4 aromatic rings. The van der Waals surface area contributed by atoms with Crippen molar-refractivity contribution in [2.24, 2.45) is 0 Å². The van der Waals surface area contributed by atoms with Crippen LogP contribution in [0.1, 0.15) is 21.9 Å². The summed E-state index contributed by atoms with van der Waals surface area (Å²) in [5, 5.41) is 8.68. The molecule has 0 spiro atoms. The van der Waals surface area contributed by atoms with Crippen LogP contribution in [0.5, 0.6) is 5.75 Å². The second kappa shape index (κ2) is 10.0. The molecule has 32 heavy (non-hydrogen) atoms. The van der Waals surface area contributed by atoms with Gasteiger partial charge < -0.3 is 14.5 Å². The van der Waals surface area contributed by atoms with Crippen molar-refractivity contribution in [3.05, 3.63) is 97.4 Å². The molecule has 2 heterocycles. The van der Waals surface area contributed by atoms with Crippen LogP contribution in [-0.4, -0.2) is 15.7 Å². The Morgan fingerprint density at radius 2 is 1.91 bits per heavy atom. The second-order valence-corrected chi connectivity index (χ2v) is 8.80. The maximum absolute atomic E-state index is 12.6. The van der Waals surface area contributed by atoms with E-state index in [1.54, 1.807) is 41.2 Å². The molecule has 0 saturated heterocycles. The number of nitrogens with one attached hydrogen (secondary N) is 1. The van der Waals surface area contributed by atoms with E-state index in [-0.39, 0.29) is 12.4 Å². The quantitative estimate of drug-likeness (QED) is 0.265. The van der Waals surface area contributed by atoms with Gasteiger partial charge in [0.05, 0.1) is 16.0 Å². The van der Waals surface area contributed by atoms with Gasteiger partial charge in [0.25, 0.3) is 5.91 Å². The standard InChI is InChI=1S/C22H15BrCl3N3O3/c23-16-11-29(10-13-3-1-2-4-17(13)25)28-21(16)27-22(30)20-8-6-15(32-20)12-31-19-7-5-14(24)9-18(19)26/h1-9,11H,10,12H2,(H,27,28,30). The van der Waals surface area contributed by atoms with Crippen molar-refractivity contribution in [1.29, 1.82) is 0 Å². The lowest BCUT2D eigenvalue weighted by atomic mass is 10.2. The zero-order valence-corrected chi connectivity index (χ0v) is 20.2. The Morgan fingerprint density at radius 3 is 2.69 bits per heavy atom. The summed E-state index contributed by atoms with van der Waals surface area (Å²) < 4.78 is 13.5. The molecule has 0 radical (unpaired) electrons. The Bertz CT molecular complexity index is 1270. The molecule has 0 aliphatic rings. The average Bonchev–Trinajstić information content (AvgIpc) is 3.36. The van der Waals surface area contributed by atoms with E-state index >= 15 is 0 Å². The van der Waals surface area contributed by atoms with Crippen LogP contribution in [0.2, 0.25) is 15.1 Å². The number of rotatable bonds is 7. The molecule has 0 aliphatic heterocycles. The fourth-order valence-corrected chi connectivity index (χ4v) is 3.93. The molecule has 0 unspecified atom stereocenters. The van der Waals surface area contributed by atoms with Gasteiger partial charge in [-0.25, -0.2) is 0 Å². The van der Waals surface area contributed by atoms with Crippen LogP contribution in [-0.2, 0) is 13.2 Å². The van der Waals surface area contributed by atoms with Gasteiger partial charge in [-0.2, -0.15) is 5.10 Å². The number of carbonyl (C=O) groups excluding carboxylic acids is 1. The van der Waals surface area contributed by atoms with Gasteiger partial charge in [0, 0.05) is 16.2 Å². The van der Waals surface area contributed by atoms with Crippen LogP contribution >= 0.6 is 50.7 Å². The molecule has 2 aromatic carbocycles. The molecule has 0 aliphatic carbocycles. The minimum absolute atomic E-state index is 0.102. The smallest absolute Gasteiger partial charge is 0.292 e. The lowest BCUT2D eigenvalue weighted by Gasteiger charge is -2.06. The number of hydrogen-bond donors (Lipinski definition) is 1. The molecule has 1 amide bonds. The Balaban J connectivity index is 1.39. The van der Waals surface area contributed by atoms with E-state index < -0.39 is 5.91 Å². The molecule has 0 bridgehead atoms. The van der Waals surface area contributed by atoms with Crippen molar-refractivity contribution >= 4 is 62.5 Å². The van der Waals surface area contributed by atoms with E-state index in [2.05, 4.69) is 26.3 Å². The minimum atomic E-state index is -0.440. The molecule has 164 valence electrons. The molecule has 2 aromatic heterocycles. The summed E-state index contributed by atoms with van der Waals surface area (Å²) in [6.45, 7) is 0.564.